The number of hydrogen-bond acceptors (Lipinski definition) is 6. The van der Waals surface area contributed by atoms with Crippen molar-refractivity contribution in [2.45, 2.75) is 16.8 Å². The maximum absolute atomic E-state index is 13.1. The third-order valence-electron chi connectivity index (χ3n) is 5.40. The van der Waals surface area contributed by atoms with Crippen LogP contribution >= 0.6 is 24.0 Å². The van der Waals surface area contributed by atoms with Gasteiger partial charge in [-0.3, -0.25) is 29.9 Å². The van der Waals surface area contributed by atoms with E-state index in [0.717, 1.165) is 21.0 Å². The van der Waals surface area contributed by atoms with Crippen LogP contribution in [0.5, 0.6) is 0 Å². The van der Waals surface area contributed by atoms with Gasteiger partial charge in [-0.1, -0.05) is 35.5 Å². The van der Waals surface area contributed by atoms with Crippen LogP contribution in [-0.2, 0) is 16.6 Å². The topological polar surface area (TPSA) is 97.5 Å². The van der Waals surface area contributed by atoms with E-state index in [2.05, 4.69) is 11.9 Å². The zero-order valence-electron chi connectivity index (χ0n) is 18.4. The normalized spacial score (nSPS) is 15.2. The molecule has 1 aromatic heterocycles. The summed E-state index contributed by atoms with van der Waals surface area (Å²) in [6.45, 7) is 5.77. The highest BCUT2D eigenvalue weighted by molar-refractivity contribution is 7.99. The number of aryl methyl sites for hydroxylation is 2. The van der Waals surface area contributed by atoms with E-state index in [1.807, 2.05) is 42.8 Å². The van der Waals surface area contributed by atoms with Crippen molar-refractivity contribution in [2.24, 2.45) is 7.05 Å². The minimum absolute atomic E-state index is 0.00913. The lowest BCUT2D eigenvalue weighted by atomic mass is 10.1. The molecule has 8 nitrogen and oxygen atoms in total. The Morgan fingerprint density at radius 1 is 1.21 bits per heavy atom. The van der Waals surface area contributed by atoms with Crippen molar-refractivity contribution in [3.63, 3.8) is 0 Å². The number of nitrogens with zero attached hydrogens (tertiary/aromatic N) is 3. The molecule has 1 N–H and O–H groups in total. The predicted octanol–water partition coefficient (Wildman–Crippen LogP) is 4.36. The van der Waals surface area contributed by atoms with Gasteiger partial charge in [-0.25, -0.2) is 0 Å². The van der Waals surface area contributed by atoms with Crippen LogP contribution in [-0.4, -0.2) is 37.9 Å². The molecule has 1 aliphatic heterocycles. The molecule has 34 heavy (non-hydrogen) atoms. The van der Waals surface area contributed by atoms with E-state index in [-0.39, 0.29) is 22.9 Å². The number of benzene rings is 2. The van der Waals surface area contributed by atoms with Gasteiger partial charge < -0.3 is 4.57 Å². The SMILES string of the molecule is C=CCN1C(=O)C(=Cc2c(Sc3ccc(C)cc3)n(C)c3ccc([N+](=O)[O-])cc23)C(=O)NC1=S. The number of nitro groups is 1. The number of fused-ring (bicyclic) bond motifs is 1. The predicted molar refractivity (Wildman–Crippen MR) is 136 cm³/mol. The molecule has 10 heteroatoms. The van der Waals surface area contributed by atoms with Crippen molar-refractivity contribution >= 4 is 63.6 Å². The molecule has 2 amide bonds. The highest BCUT2D eigenvalue weighted by Gasteiger charge is 2.33. The fourth-order valence-corrected chi connectivity index (χ4v) is 4.92. The van der Waals surface area contributed by atoms with Gasteiger partial charge in [0.15, 0.2) is 5.11 Å². The second-order valence-electron chi connectivity index (χ2n) is 7.67. The first-order valence-electron chi connectivity index (χ1n) is 10.2. The van der Waals surface area contributed by atoms with Crippen LogP contribution in [0.15, 0.2) is 70.6 Å². The summed E-state index contributed by atoms with van der Waals surface area (Å²) in [4.78, 5) is 39.0. The first-order valence-corrected chi connectivity index (χ1v) is 11.4. The molecule has 0 spiro atoms. The van der Waals surface area contributed by atoms with Gasteiger partial charge in [-0.05, 0) is 43.4 Å². The van der Waals surface area contributed by atoms with Gasteiger partial charge >= 0.3 is 0 Å². The summed E-state index contributed by atoms with van der Waals surface area (Å²) in [5, 5.41) is 15.3. The summed E-state index contributed by atoms with van der Waals surface area (Å²) in [7, 11) is 1.84. The Bertz CT molecular complexity index is 1410. The second-order valence-corrected chi connectivity index (χ2v) is 9.12. The van der Waals surface area contributed by atoms with E-state index in [1.165, 1.54) is 40.9 Å². The number of aromatic nitrogens is 1. The van der Waals surface area contributed by atoms with E-state index in [0.29, 0.717) is 10.9 Å². The van der Waals surface area contributed by atoms with E-state index < -0.39 is 16.7 Å². The van der Waals surface area contributed by atoms with E-state index in [1.54, 1.807) is 6.07 Å². The lowest BCUT2D eigenvalue weighted by Crippen LogP contribution is -2.53. The fourth-order valence-electron chi connectivity index (χ4n) is 3.67. The van der Waals surface area contributed by atoms with Crippen molar-refractivity contribution in [3.05, 3.63) is 81.9 Å². The summed E-state index contributed by atoms with van der Waals surface area (Å²) in [6.07, 6.45) is 3.00. The Morgan fingerprint density at radius 2 is 1.91 bits per heavy atom. The minimum atomic E-state index is -0.621. The van der Waals surface area contributed by atoms with E-state index in [4.69, 9.17) is 12.2 Å². The van der Waals surface area contributed by atoms with Crippen molar-refractivity contribution < 1.29 is 14.5 Å². The number of nitro benzene ring substituents is 1. The quantitative estimate of drug-likeness (QED) is 0.137. The average Bonchev–Trinajstić information content (AvgIpc) is 3.06. The summed E-state index contributed by atoms with van der Waals surface area (Å²) < 4.78 is 1.90. The third-order valence-corrected chi connectivity index (χ3v) is 6.92. The number of rotatable bonds is 6. The molecule has 0 radical (unpaired) electrons. The maximum atomic E-state index is 13.1. The van der Waals surface area contributed by atoms with Crippen LogP contribution in [0.1, 0.15) is 11.1 Å². The van der Waals surface area contributed by atoms with Crippen LogP contribution in [0.4, 0.5) is 5.69 Å². The summed E-state index contributed by atoms with van der Waals surface area (Å²) in [6, 6.07) is 12.5. The molecule has 0 atom stereocenters. The highest BCUT2D eigenvalue weighted by atomic mass is 32.2. The van der Waals surface area contributed by atoms with E-state index in [9.17, 15) is 19.7 Å². The summed E-state index contributed by atoms with van der Waals surface area (Å²) in [5.41, 5.74) is 2.19. The Labute approximate surface area is 205 Å². The Hall–Kier alpha value is -3.76. The Kier molecular flexibility index (Phi) is 6.36. The summed E-state index contributed by atoms with van der Waals surface area (Å²) in [5.74, 6) is -1.17. The number of amides is 2. The molecule has 172 valence electrons. The zero-order valence-corrected chi connectivity index (χ0v) is 20.0. The maximum Gasteiger partial charge on any atom is 0.270 e. The fraction of sp³-hybridized carbons (Fsp3) is 0.125. The molecule has 2 heterocycles. The smallest absolute Gasteiger partial charge is 0.270 e. The molecule has 0 unspecified atom stereocenters. The van der Waals surface area contributed by atoms with Crippen molar-refractivity contribution in [2.75, 3.05) is 6.54 Å². The molecule has 0 saturated carbocycles. The molecule has 4 rings (SSSR count). The number of non-ortho nitro benzene ring substituents is 1. The second kappa shape index (κ2) is 9.24. The molecular weight excluding hydrogens is 472 g/mol. The number of carbonyl (C=O) groups is 2. The van der Waals surface area contributed by atoms with Crippen LogP contribution in [0.3, 0.4) is 0 Å². The average molecular weight is 493 g/mol. The molecule has 2 aromatic carbocycles. The largest absolute Gasteiger partial charge is 0.338 e. The zero-order chi connectivity index (χ0) is 24.6. The van der Waals surface area contributed by atoms with Crippen molar-refractivity contribution in [1.29, 1.82) is 0 Å². The molecule has 1 fully saturated rings. The molecule has 3 aromatic rings. The first kappa shape index (κ1) is 23.4. The van der Waals surface area contributed by atoms with Gasteiger partial charge in [0, 0.05) is 47.1 Å². The van der Waals surface area contributed by atoms with Gasteiger partial charge in [0.25, 0.3) is 17.5 Å². The molecule has 1 saturated heterocycles. The van der Waals surface area contributed by atoms with Gasteiger partial charge in [-0.2, -0.15) is 0 Å². The minimum Gasteiger partial charge on any atom is -0.338 e. The lowest BCUT2D eigenvalue weighted by molar-refractivity contribution is -0.384. The van der Waals surface area contributed by atoms with Gasteiger partial charge in [0.05, 0.1) is 9.95 Å². The number of hydrogen-bond donors (Lipinski definition) is 1. The molecular formula is C24H20N4O4S2. The number of carbonyl (C=O) groups excluding carboxylic acids is 2. The number of thiocarbonyl (C=S) groups is 1. The monoisotopic (exact) mass is 492 g/mol. The van der Waals surface area contributed by atoms with Crippen LogP contribution < -0.4 is 5.32 Å². The van der Waals surface area contributed by atoms with Gasteiger partial charge in [0.2, 0.25) is 0 Å². The van der Waals surface area contributed by atoms with Gasteiger partial charge in [0.1, 0.15) is 5.57 Å². The standard InChI is InChI=1S/C24H20N4O4S2/c1-4-11-27-22(30)19(21(29)25-24(27)33)13-18-17-12-15(28(31)32)7-10-20(17)26(3)23(18)34-16-8-5-14(2)6-9-16/h4-10,12-13H,1,11H2,2-3H3,(H,25,29,33). The third kappa shape index (κ3) is 4.25. The summed E-state index contributed by atoms with van der Waals surface area (Å²) >= 11 is 6.57. The highest BCUT2D eigenvalue weighted by Crippen LogP contribution is 2.39. The molecule has 0 aliphatic carbocycles. The molecule has 0 bridgehead atoms. The molecule has 1 aliphatic rings. The number of nitrogens with one attached hydrogen (secondary N) is 1. The van der Waals surface area contributed by atoms with Crippen molar-refractivity contribution in [3.8, 4) is 0 Å². The van der Waals surface area contributed by atoms with E-state index >= 15 is 0 Å². The Morgan fingerprint density at radius 3 is 2.56 bits per heavy atom. The van der Waals surface area contributed by atoms with Crippen LogP contribution in [0.2, 0.25) is 0 Å². The lowest BCUT2D eigenvalue weighted by Gasteiger charge is -2.27. The van der Waals surface area contributed by atoms with Crippen LogP contribution in [0.25, 0.3) is 17.0 Å². The van der Waals surface area contributed by atoms with Gasteiger partial charge in [-0.15, -0.1) is 6.58 Å². The first-order chi connectivity index (χ1) is 16.2. The van der Waals surface area contributed by atoms with Crippen LogP contribution in [0, 0.1) is 17.0 Å². The Balaban J connectivity index is 1.94. The van der Waals surface area contributed by atoms with Crippen molar-refractivity contribution in [1.82, 2.24) is 14.8 Å².